The maximum Gasteiger partial charge on any atom is 0.271 e. The van der Waals surface area contributed by atoms with Gasteiger partial charge >= 0.3 is 0 Å². The van der Waals surface area contributed by atoms with E-state index in [1.807, 2.05) is 37.3 Å². The Labute approximate surface area is 129 Å². The highest BCUT2D eigenvalue weighted by molar-refractivity contribution is 7.09. The van der Waals surface area contributed by atoms with E-state index in [2.05, 4.69) is 24.8 Å². The van der Waals surface area contributed by atoms with Crippen LogP contribution >= 0.6 is 11.5 Å². The average molecular weight is 309 g/mol. The first-order valence-electron chi connectivity index (χ1n) is 6.69. The topological polar surface area (TPSA) is 86.8 Å². The van der Waals surface area contributed by atoms with E-state index in [0.29, 0.717) is 11.3 Å². The van der Waals surface area contributed by atoms with Crippen LogP contribution in [0.1, 0.15) is 16.8 Å². The van der Waals surface area contributed by atoms with Crippen molar-refractivity contribution in [3.63, 3.8) is 0 Å². The van der Waals surface area contributed by atoms with Gasteiger partial charge in [0.2, 0.25) is 0 Å². The molecule has 2 N–H and O–H groups in total. The first-order valence-corrected chi connectivity index (χ1v) is 7.46. The van der Waals surface area contributed by atoms with Crippen molar-refractivity contribution in [2.75, 3.05) is 0 Å². The van der Waals surface area contributed by atoms with Gasteiger partial charge in [-0.25, -0.2) is 0 Å². The Balaban J connectivity index is 1.88. The number of allylic oxidation sites excluding steroid dienone is 1. The molecule has 1 aliphatic heterocycles. The highest BCUT2D eigenvalue weighted by Gasteiger charge is 2.17. The summed E-state index contributed by atoms with van der Waals surface area (Å²) < 4.78 is 3.92. The number of aliphatic imine (C=N–C) groups is 1. The fraction of sp³-hybridized carbons (Fsp3) is 0.0667. The van der Waals surface area contributed by atoms with E-state index in [4.69, 9.17) is 0 Å². The minimum absolute atomic E-state index is 0.173. The normalized spacial score (nSPS) is 14.7. The van der Waals surface area contributed by atoms with Crippen molar-refractivity contribution in [2.45, 2.75) is 6.92 Å². The SMILES string of the molecule is Cc1nnsc1-c1[nH][nH]c(=O)c1C=C1C=Nc2ccccc21. The lowest BCUT2D eigenvalue weighted by molar-refractivity contribution is 1.05. The van der Waals surface area contributed by atoms with Crippen molar-refractivity contribution in [1.82, 2.24) is 19.8 Å². The molecule has 108 valence electrons. The predicted octanol–water partition coefficient (Wildman–Crippen LogP) is 2.79. The van der Waals surface area contributed by atoms with E-state index in [1.165, 1.54) is 11.5 Å². The highest BCUT2D eigenvalue weighted by atomic mass is 32.1. The Bertz CT molecular complexity index is 976. The summed E-state index contributed by atoms with van der Waals surface area (Å²) in [5.74, 6) is 0. The smallest absolute Gasteiger partial charge is 0.271 e. The maximum atomic E-state index is 12.1. The van der Waals surface area contributed by atoms with E-state index >= 15 is 0 Å². The van der Waals surface area contributed by atoms with Crippen LogP contribution in [0.15, 0.2) is 34.1 Å². The lowest BCUT2D eigenvalue weighted by Crippen LogP contribution is -2.02. The lowest BCUT2D eigenvalue weighted by Gasteiger charge is -1.99. The minimum Gasteiger partial charge on any atom is -0.296 e. The highest BCUT2D eigenvalue weighted by Crippen LogP contribution is 2.33. The summed E-state index contributed by atoms with van der Waals surface area (Å²) in [7, 11) is 0. The van der Waals surface area contributed by atoms with Crippen LogP contribution in [-0.2, 0) is 0 Å². The molecule has 0 radical (unpaired) electrons. The minimum atomic E-state index is -0.173. The van der Waals surface area contributed by atoms with Gasteiger partial charge in [-0.15, -0.1) is 5.10 Å². The first kappa shape index (κ1) is 12.9. The second-order valence-corrected chi connectivity index (χ2v) is 5.68. The molecule has 0 spiro atoms. The average Bonchev–Trinajstić information content (AvgIpc) is 3.21. The number of nitrogens with one attached hydrogen (secondary N) is 2. The molecule has 3 heterocycles. The quantitative estimate of drug-likeness (QED) is 0.763. The van der Waals surface area contributed by atoms with Crippen LogP contribution in [0.4, 0.5) is 5.69 Å². The standard InChI is InChI=1S/C15H11N5OS/c1-8-14(22-20-17-8)13-11(15(21)19-18-13)6-9-7-16-12-5-3-2-4-10(9)12/h2-7H,1H3,(H2,18,19,21). The predicted molar refractivity (Wildman–Crippen MR) is 87.5 cm³/mol. The number of aromatic amines is 2. The van der Waals surface area contributed by atoms with Gasteiger partial charge in [-0.2, -0.15) is 0 Å². The van der Waals surface area contributed by atoms with E-state index in [1.54, 1.807) is 6.21 Å². The van der Waals surface area contributed by atoms with Crippen LogP contribution < -0.4 is 5.56 Å². The van der Waals surface area contributed by atoms with Crippen LogP contribution in [-0.4, -0.2) is 26.0 Å². The molecular weight excluding hydrogens is 298 g/mol. The van der Waals surface area contributed by atoms with Crippen LogP contribution in [0.2, 0.25) is 0 Å². The van der Waals surface area contributed by atoms with E-state index in [0.717, 1.165) is 27.4 Å². The zero-order valence-electron chi connectivity index (χ0n) is 11.6. The number of nitrogens with zero attached hydrogens (tertiary/aromatic N) is 3. The summed E-state index contributed by atoms with van der Waals surface area (Å²) in [6, 6.07) is 7.85. The Morgan fingerprint density at radius 2 is 2.09 bits per heavy atom. The molecule has 0 saturated heterocycles. The molecule has 4 rings (SSSR count). The van der Waals surface area contributed by atoms with Gasteiger partial charge in [0.1, 0.15) is 0 Å². The second-order valence-electron chi connectivity index (χ2n) is 4.93. The van der Waals surface area contributed by atoms with Crippen molar-refractivity contribution in [2.24, 2.45) is 4.99 Å². The number of fused-ring (bicyclic) bond motifs is 1. The summed E-state index contributed by atoms with van der Waals surface area (Å²) in [6.45, 7) is 1.87. The Morgan fingerprint density at radius 3 is 2.91 bits per heavy atom. The van der Waals surface area contributed by atoms with Crippen LogP contribution in [0.3, 0.4) is 0 Å². The summed E-state index contributed by atoms with van der Waals surface area (Å²) in [5, 5.41) is 9.55. The first-order chi connectivity index (χ1) is 10.7. The van der Waals surface area contributed by atoms with Crippen LogP contribution in [0.5, 0.6) is 0 Å². The molecule has 1 aromatic carbocycles. The molecular formula is C15H11N5OS. The molecule has 6 nitrogen and oxygen atoms in total. The fourth-order valence-corrected chi connectivity index (χ4v) is 3.12. The molecule has 0 unspecified atom stereocenters. The molecule has 0 fully saturated rings. The molecule has 0 saturated carbocycles. The maximum absolute atomic E-state index is 12.1. The summed E-state index contributed by atoms with van der Waals surface area (Å²) in [6.07, 6.45) is 3.62. The number of benzene rings is 1. The molecule has 0 aliphatic carbocycles. The molecule has 0 bridgehead atoms. The van der Waals surface area contributed by atoms with Gasteiger partial charge in [0.05, 0.1) is 27.5 Å². The number of aryl methyl sites for hydroxylation is 1. The van der Waals surface area contributed by atoms with Crippen molar-refractivity contribution in [3.8, 4) is 10.6 Å². The van der Waals surface area contributed by atoms with Crippen molar-refractivity contribution < 1.29 is 0 Å². The number of H-pyrrole nitrogens is 2. The summed E-state index contributed by atoms with van der Waals surface area (Å²) in [5.41, 5.74) is 4.74. The van der Waals surface area contributed by atoms with Crippen molar-refractivity contribution in [3.05, 3.63) is 51.4 Å². The van der Waals surface area contributed by atoms with Crippen LogP contribution in [0.25, 0.3) is 22.2 Å². The number of hydrogen-bond acceptors (Lipinski definition) is 5. The second kappa shape index (κ2) is 4.88. The monoisotopic (exact) mass is 309 g/mol. The molecule has 1 aliphatic rings. The molecule has 2 aromatic heterocycles. The third kappa shape index (κ3) is 1.94. The number of para-hydroxylation sites is 1. The van der Waals surface area contributed by atoms with E-state index < -0.39 is 0 Å². The van der Waals surface area contributed by atoms with Gasteiger partial charge < -0.3 is 0 Å². The summed E-state index contributed by atoms with van der Waals surface area (Å²) in [4.78, 5) is 17.4. The summed E-state index contributed by atoms with van der Waals surface area (Å²) >= 11 is 1.26. The number of rotatable bonds is 2. The molecule has 0 amide bonds. The third-order valence-electron chi connectivity index (χ3n) is 3.55. The Hall–Kier alpha value is -2.80. The largest absolute Gasteiger partial charge is 0.296 e. The van der Waals surface area contributed by atoms with E-state index in [-0.39, 0.29) is 5.56 Å². The fourth-order valence-electron chi connectivity index (χ4n) is 2.45. The molecule has 7 heteroatoms. The van der Waals surface area contributed by atoms with Crippen molar-refractivity contribution >= 4 is 35.1 Å². The van der Waals surface area contributed by atoms with Gasteiger partial charge in [-0.1, -0.05) is 22.7 Å². The lowest BCUT2D eigenvalue weighted by atomic mass is 10.0. The number of hydrogen-bond donors (Lipinski definition) is 2. The Morgan fingerprint density at radius 1 is 1.23 bits per heavy atom. The zero-order chi connectivity index (χ0) is 15.1. The van der Waals surface area contributed by atoms with Gasteiger partial charge in [0, 0.05) is 17.4 Å². The third-order valence-corrected chi connectivity index (χ3v) is 4.40. The van der Waals surface area contributed by atoms with Crippen LogP contribution in [0, 0.1) is 6.92 Å². The zero-order valence-corrected chi connectivity index (χ0v) is 12.4. The van der Waals surface area contributed by atoms with E-state index in [9.17, 15) is 4.79 Å². The van der Waals surface area contributed by atoms with Gasteiger partial charge in [0.25, 0.3) is 5.56 Å². The molecule has 3 aromatic rings. The van der Waals surface area contributed by atoms with Gasteiger partial charge in [-0.3, -0.25) is 20.0 Å². The number of aromatic nitrogens is 4. The van der Waals surface area contributed by atoms with Gasteiger partial charge in [-0.05, 0) is 30.6 Å². The Kier molecular flexibility index (Phi) is 2.87. The van der Waals surface area contributed by atoms with Gasteiger partial charge in [0.15, 0.2) is 0 Å². The molecule has 0 atom stereocenters. The molecule has 22 heavy (non-hydrogen) atoms. The van der Waals surface area contributed by atoms with Crippen molar-refractivity contribution in [1.29, 1.82) is 0 Å².